The van der Waals surface area contributed by atoms with Crippen LogP contribution in [-0.4, -0.2) is 26.7 Å². The lowest BCUT2D eigenvalue weighted by Gasteiger charge is -2.17. The molecule has 0 aliphatic carbocycles. The summed E-state index contributed by atoms with van der Waals surface area (Å²) in [5.41, 5.74) is 1.88. The highest BCUT2D eigenvalue weighted by atomic mass is 32.2. The average Bonchev–Trinajstić information content (AvgIpc) is 2.93. The number of aromatic nitrogens is 1. The molecule has 1 fully saturated rings. The van der Waals surface area contributed by atoms with E-state index in [2.05, 4.69) is 5.32 Å². The van der Waals surface area contributed by atoms with Gasteiger partial charge in [-0.1, -0.05) is 54.3 Å². The van der Waals surface area contributed by atoms with Crippen LogP contribution in [0, 0.1) is 18.3 Å². The molecule has 2 heterocycles. The monoisotopic (exact) mass is 410 g/mol. The first-order valence-electron chi connectivity index (χ1n) is 8.48. The number of rotatable bonds is 4. The van der Waals surface area contributed by atoms with E-state index in [9.17, 15) is 14.9 Å². The van der Waals surface area contributed by atoms with Crippen molar-refractivity contribution in [1.82, 2.24) is 9.47 Å². The molecule has 1 aromatic carbocycles. The summed E-state index contributed by atoms with van der Waals surface area (Å²) in [5.74, 6) is 0.350. The van der Waals surface area contributed by atoms with Gasteiger partial charge in [-0.2, -0.15) is 5.26 Å². The lowest BCUT2D eigenvalue weighted by Crippen LogP contribution is -2.26. The molecule has 0 bridgehead atoms. The Bertz CT molecular complexity index is 1100. The van der Waals surface area contributed by atoms with Gasteiger partial charge in [0.1, 0.15) is 21.8 Å². The number of carbonyl (C=O) groups excluding carboxylic acids is 1. The van der Waals surface area contributed by atoms with Crippen molar-refractivity contribution in [2.24, 2.45) is 7.05 Å². The number of nitrogens with one attached hydrogen (secondary N) is 1. The fraction of sp³-hybridized carbons (Fsp3) is 0.200. The molecule has 1 amide bonds. The molecule has 142 valence electrons. The maximum Gasteiger partial charge on any atom is 0.270 e. The number of amides is 1. The summed E-state index contributed by atoms with van der Waals surface area (Å²) in [4.78, 5) is 26.9. The van der Waals surface area contributed by atoms with Crippen molar-refractivity contribution >= 4 is 46.1 Å². The van der Waals surface area contributed by atoms with Crippen LogP contribution in [-0.2, 0) is 18.4 Å². The molecule has 1 N–H and O–H groups in total. The number of likely N-dealkylation sites (N-methyl/N-ethyl adjacent to an activating group) is 1. The van der Waals surface area contributed by atoms with Gasteiger partial charge in [-0.05, 0) is 24.1 Å². The van der Waals surface area contributed by atoms with Gasteiger partial charge in [0, 0.05) is 26.2 Å². The summed E-state index contributed by atoms with van der Waals surface area (Å²) in [6.45, 7) is 2.21. The Morgan fingerprint density at radius 2 is 1.93 bits per heavy atom. The summed E-state index contributed by atoms with van der Waals surface area (Å²) in [7, 11) is 3.24. The van der Waals surface area contributed by atoms with E-state index >= 15 is 0 Å². The second kappa shape index (κ2) is 8.00. The fourth-order valence-corrected chi connectivity index (χ4v) is 4.06. The predicted octanol–water partition coefficient (Wildman–Crippen LogP) is 3.01. The molecule has 0 saturated carbocycles. The van der Waals surface area contributed by atoms with Gasteiger partial charge in [-0.25, -0.2) is 0 Å². The van der Waals surface area contributed by atoms with Crippen LogP contribution in [0.1, 0.15) is 22.3 Å². The first kappa shape index (κ1) is 19.9. The molecule has 1 aliphatic heterocycles. The molecule has 1 aromatic heterocycles. The van der Waals surface area contributed by atoms with E-state index in [-0.39, 0.29) is 17.0 Å². The lowest BCUT2D eigenvalue weighted by atomic mass is 10.0. The maximum absolute atomic E-state index is 12.6. The Morgan fingerprint density at radius 3 is 2.50 bits per heavy atom. The third-order valence-electron chi connectivity index (χ3n) is 4.56. The summed E-state index contributed by atoms with van der Waals surface area (Å²) in [6.07, 6.45) is 1.70. The number of benzene rings is 1. The molecule has 0 atom stereocenters. The molecular weight excluding hydrogens is 392 g/mol. The summed E-state index contributed by atoms with van der Waals surface area (Å²) in [6, 6.07) is 11.7. The standard InChI is InChI=1S/C20H18N4O2S2/c1-12-14(9-16-19(26)24(3)20(27)28-16)17(23(2)18(25)15(12)10-21)22-11-13-7-5-4-6-8-13/h4-9,22H,11H2,1-3H3/b16-9+. The normalized spacial score (nSPS) is 15.2. The smallest absolute Gasteiger partial charge is 0.270 e. The Morgan fingerprint density at radius 1 is 1.25 bits per heavy atom. The van der Waals surface area contributed by atoms with Crippen molar-refractivity contribution in [2.75, 3.05) is 12.4 Å². The number of thioether (sulfide) groups is 1. The molecule has 6 nitrogen and oxygen atoms in total. The lowest BCUT2D eigenvalue weighted by molar-refractivity contribution is -0.121. The third-order valence-corrected chi connectivity index (χ3v) is 6.05. The number of nitrogens with zero attached hydrogens (tertiary/aromatic N) is 3. The summed E-state index contributed by atoms with van der Waals surface area (Å²) >= 11 is 6.39. The Labute approximate surface area is 172 Å². The molecule has 0 spiro atoms. The Kier molecular flexibility index (Phi) is 5.68. The van der Waals surface area contributed by atoms with Gasteiger partial charge in [-0.15, -0.1) is 0 Å². The largest absolute Gasteiger partial charge is 0.367 e. The Balaban J connectivity index is 2.13. The van der Waals surface area contributed by atoms with Gasteiger partial charge in [0.05, 0.1) is 4.91 Å². The molecule has 28 heavy (non-hydrogen) atoms. The van der Waals surface area contributed by atoms with Crippen LogP contribution in [0.5, 0.6) is 0 Å². The quantitative estimate of drug-likeness (QED) is 0.617. The highest BCUT2D eigenvalue weighted by Gasteiger charge is 2.29. The van der Waals surface area contributed by atoms with Crippen LogP contribution >= 0.6 is 24.0 Å². The molecule has 3 rings (SSSR count). The second-order valence-corrected chi connectivity index (χ2v) is 7.99. The minimum Gasteiger partial charge on any atom is -0.367 e. The number of hydrogen-bond donors (Lipinski definition) is 1. The van der Waals surface area contributed by atoms with E-state index in [0.717, 1.165) is 5.56 Å². The first-order valence-corrected chi connectivity index (χ1v) is 9.70. The van der Waals surface area contributed by atoms with E-state index < -0.39 is 0 Å². The minimum atomic E-state index is -0.379. The number of nitriles is 1. The molecule has 1 aliphatic rings. The van der Waals surface area contributed by atoms with E-state index in [1.165, 1.54) is 21.2 Å². The summed E-state index contributed by atoms with van der Waals surface area (Å²) in [5, 5.41) is 12.7. The first-order chi connectivity index (χ1) is 13.3. The second-order valence-electron chi connectivity index (χ2n) is 6.32. The Hall–Kier alpha value is -2.89. The van der Waals surface area contributed by atoms with Crippen molar-refractivity contribution in [3.63, 3.8) is 0 Å². The van der Waals surface area contributed by atoms with Gasteiger partial charge in [-0.3, -0.25) is 19.1 Å². The highest BCUT2D eigenvalue weighted by Crippen LogP contribution is 2.34. The average molecular weight is 411 g/mol. The van der Waals surface area contributed by atoms with Crippen LogP contribution in [0.15, 0.2) is 40.0 Å². The van der Waals surface area contributed by atoms with Crippen molar-refractivity contribution in [1.29, 1.82) is 5.26 Å². The predicted molar refractivity (Wildman–Crippen MR) is 116 cm³/mol. The summed E-state index contributed by atoms with van der Waals surface area (Å²) < 4.78 is 1.88. The third kappa shape index (κ3) is 3.59. The number of hydrogen-bond acceptors (Lipinski definition) is 6. The van der Waals surface area contributed by atoms with Gasteiger partial charge in [0.25, 0.3) is 11.5 Å². The van der Waals surface area contributed by atoms with Crippen LogP contribution < -0.4 is 10.9 Å². The zero-order valence-electron chi connectivity index (χ0n) is 15.6. The molecule has 0 unspecified atom stereocenters. The number of carbonyl (C=O) groups is 1. The van der Waals surface area contributed by atoms with E-state index in [1.54, 1.807) is 27.1 Å². The topological polar surface area (TPSA) is 78.1 Å². The van der Waals surface area contributed by atoms with E-state index in [1.807, 2.05) is 36.4 Å². The molecule has 1 saturated heterocycles. The van der Waals surface area contributed by atoms with Gasteiger partial charge in [0.15, 0.2) is 0 Å². The SMILES string of the molecule is Cc1c(/C=C2/SC(=S)N(C)C2=O)c(NCc2ccccc2)n(C)c(=O)c1C#N. The van der Waals surface area contributed by atoms with Crippen molar-refractivity contribution in [3.05, 3.63) is 67.8 Å². The number of pyridine rings is 1. The molecule has 8 heteroatoms. The molecule has 0 radical (unpaired) electrons. The zero-order chi connectivity index (χ0) is 20.4. The highest BCUT2D eigenvalue weighted by molar-refractivity contribution is 8.26. The van der Waals surface area contributed by atoms with Crippen LogP contribution in [0.25, 0.3) is 6.08 Å². The maximum atomic E-state index is 12.6. The minimum absolute atomic E-state index is 0.0611. The number of anilines is 1. The van der Waals surface area contributed by atoms with Gasteiger partial charge >= 0.3 is 0 Å². The molecule has 2 aromatic rings. The van der Waals surface area contributed by atoms with Crippen molar-refractivity contribution in [2.45, 2.75) is 13.5 Å². The zero-order valence-corrected chi connectivity index (χ0v) is 17.3. The van der Waals surface area contributed by atoms with Crippen LogP contribution in [0.2, 0.25) is 0 Å². The fourth-order valence-electron chi connectivity index (χ4n) is 2.90. The van der Waals surface area contributed by atoms with Crippen LogP contribution in [0.3, 0.4) is 0 Å². The van der Waals surface area contributed by atoms with Crippen LogP contribution in [0.4, 0.5) is 5.82 Å². The van der Waals surface area contributed by atoms with Gasteiger partial charge in [0.2, 0.25) is 0 Å². The molecular formula is C20H18N4O2S2. The van der Waals surface area contributed by atoms with E-state index in [0.29, 0.717) is 32.7 Å². The number of thiocarbonyl (C=S) groups is 1. The van der Waals surface area contributed by atoms with E-state index in [4.69, 9.17) is 12.2 Å². The van der Waals surface area contributed by atoms with Crippen molar-refractivity contribution in [3.8, 4) is 6.07 Å². The van der Waals surface area contributed by atoms with Crippen molar-refractivity contribution < 1.29 is 4.79 Å². The van der Waals surface area contributed by atoms with Gasteiger partial charge < -0.3 is 5.32 Å².